The number of nitrogens with zero attached hydrogens (tertiary/aromatic N) is 2. The second kappa shape index (κ2) is 7.38. The largest absolute Gasteiger partial charge is 0.352 e. The van der Waals surface area contributed by atoms with Crippen LogP contribution in [0.4, 0.5) is 0 Å². The lowest BCUT2D eigenvalue weighted by Crippen LogP contribution is -2.25. The summed E-state index contributed by atoms with van der Waals surface area (Å²) in [6.45, 7) is 7.46. The molecule has 0 aliphatic heterocycles. The molecule has 0 aromatic carbocycles. The Bertz CT molecular complexity index is 370. The van der Waals surface area contributed by atoms with E-state index < -0.39 is 0 Å². The number of nitrogens with one attached hydrogen (secondary N) is 1. The van der Waals surface area contributed by atoms with Crippen molar-refractivity contribution in [3.63, 3.8) is 0 Å². The van der Waals surface area contributed by atoms with Gasteiger partial charge in [-0.3, -0.25) is 9.48 Å². The first-order chi connectivity index (χ1) is 7.95. The average molecular weight is 275 g/mol. The maximum Gasteiger partial charge on any atom is 0.254 e. The summed E-state index contributed by atoms with van der Waals surface area (Å²) < 4.78 is 1.79. The number of halogens is 1. The van der Waals surface area contributed by atoms with E-state index in [2.05, 4.69) is 10.4 Å². The summed E-state index contributed by atoms with van der Waals surface area (Å²) in [6, 6.07) is 0. The highest BCUT2D eigenvalue weighted by Crippen LogP contribution is 2.12. The fourth-order valence-electron chi connectivity index (χ4n) is 1.38. The van der Waals surface area contributed by atoms with E-state index >= 15 is 0 Å². The van der Waals surface area contributed by atoms with Crippen molar-refractivity contribution in [2.75, 3.05) is 13.1 Å². The number of nitrogens with two attached hydrogens (primary N) is 1. The van der Waals surface area contributed by atoms with Gasteiger partial charge in [0.05, 0.1) is 17.3 Å². The number of aromatic nitrogens is 2. The molecule has 104 valence electrons. The minimum absolute atomic E-state index is 0. The molecule has 0 aliphatic rings. The lowest BCUT2D eigenvalue weighted by Gasteiger charge is -2.18. The summed E-state index contributed by atoms with van der Waals surface area (Å²) in [5.74, 6) is -0.0717. The van der Waals surface area contributed by atoms with Gasteiger partial charge < -0.3 is 11.1 Å². The topological polar surface area (TPSA) is 72.9 Å². The predicted molar refractivity (Wildman–Crippen MR) is 75.1 cm³/mol. The fraction of sp³-hybridized carbons (Fsp3) is 0.667. The Morgan fingerprint density at radius 2 is 2.11 bits per heavy atom. The normalized spacial score (nSPS) is 10.9. The summed E-state index contributed by atoms with van der Waals surface area (Å²) in [6.07, 6.45) is 5.22. The molecule has 6 heteroatoms. The third-order valence-electron chi connectivity index (χ3n) is 2.45. The van der Waals surface area contributed by atoms with Crippen molar-refractivity contribution in [1.29, 1.82) is 0 Å². The van der Waals surface area contributed by atoms with E-state index in [1.165, 1.54) is 0 Å². The Kier molecular flexibility index (Phi) is 6.94. The molecule has 1 rings (SSSR count). The van der Waals surface area contributed by atoms with Crippen LogP contribution < -0.4 is 11.1 Å². The highest BCUT2D eigenvalue weighted by molar-refractivity contribution is 5.93. The lowest BCUT2D eigenvalue weighted by atomic mass is 10.1. The van der Waals surface area contributed by atoms with Gasteiger partial charge in [-0.1, -0.05) is 0 Å². The van der Waals surface area contributed by atoms with E-state index in [0.717, 1.165) is 12.8 Å². The molecular weight excluding hydrogens is 252 g/mol. The Labute approximate surface area is 115 Å². The van der Waals surface area contributed by atoms with Gasteiger partial charge in [-0.05, 0) is 40.2 Å². The van der Waals surface area contributed by atoms with Crippen LogP contribution in [0.15, 0.2) is 12.4 Å². The fourth-order valence-corrected chi connectivity index (χ4v) is 1.38. The van der Waals surface area contributed by atoms with Gasteiger partial charge in [-0.2, -0.15) is 5.10 Å². The Morgan fingerprint density at radius 3 is 2.61 bits per heavy atom. The van der Waals surface area contributed by atoms with E-state index in [0.29, 0.717) is 18.7 Å². The van der Waals surface area contributed by atoms with Crippen LogP contribution in [0.25, 0.3) is 0 Å². The molecule has 1 aromatic heterocycles. The lowest BCUT2D eigenvalue weighted by molar-refractivity contribution is 0.0953. The van der Waals surface area contributed by atoms with E-state index in [1.54, 1.807) is 17.1 Å². The van der Waals surface area contributed by atoms with Crippen molar-refractivity contribution in [1.82, 2.24) is 15.1 Å². The van der Waals surface area contributed by atoms with Crippen LogP contribution >= 0.6 is 12.4 Å². The molecular formula is C12H23ClN4O. The first-order valence-electron chi connectivity index (χ1n) is 5.98. The van der Waals surface area contributed by atoms with Gasteiger partial charge in [0, 0.05) is 12.7 Å². The molecule has 0 aliphatic carbocycles. The maximum absolute atomic E-state index is 11.8. The first kappa shape index (κ1) is 16.9. The van der Waals surface area contributed by atoms with Crippen molar-refractivity contribution in [3.8, 4) is 0 Å². The Balaban J connectivity index is 0.00000289. The average Bonchev–Trinajstić information content (AvgIpc) is 2.72. The van der Waals surface area contributed by atoms with Gasteiger partial charge in [-0.25, -0.2) is 0 Å². The second-order valence-electron chi connectivity index (χ2n) is 5.10. The smallest absolute Gasteiger partial charge is 0.254 e. The van der Waals surface area contributed by atoms with E-state index in [4.69, 9.17) is 5.73 Å². The van der Waals surface area contributed by atoms with Crippen LogP contribution in [-0.4, -0.2) is 28.8 Å². The predicted octanol–water partition coefficient (Wildman–Crippen LogP) is 1.53. The van der Waals surface area contributed by atoms with Crippen LogP contribution in [0, 0.1) is 0 Å². The molecule has 0 saturated carbocycles. The number of amides is 1. The van der Waals surface area contributed by atoms with Gasteiger partial charge in [-0.15, -0.1) is 12.4 Å². The van der Waals surface area contributed by atoms with E-state index in [9.17, 15) is 4.79 Å². The standard InChI is InChI=1S/C12H22N4O.ClH/c1-12(2,3)16-9-10(8-15-16)11(17)14-7-5-4-6-13;/h8-9H,4-7,13H2,1-3H3,(H,14,17);1H. The Morgan fingerprint density at radius 1 is 1.44 bits per heavy atom. The molecule has 0 atom stereocenters. The van der Waals surface area contributed by atoms with E-state index in [-0.39, 0.29) is 23.9 Å². The van der Waals surface area contributed by atoms with Gasteiger partial charge in [0.25, 0.3) is 5.91 Å². The summed E-state index contributed by atoms with van der Waals surface area (Å²) in [4.78, 5) is 11.8. The molecule has 18 heavy (non-hydrogen) atoms. The van der Waals surface area contributed by atoms with Gasteiger partial charge >= 0.3 is 0 Å². The quantitative estimate of drug-likeness (QED) is 0.800. The summed E-state index contributed by atoms with van der Waals surface area (Å²) >= 11 is 0. The summed E-state index contributed by atoms with van der Waals surface area (Å²) in [7, 11) is 0. The molecule has 1 aromatic rings. The van der Waals surface area contributed by atoms with Gasteiger partial charge in [0.2, 0.25) is 0 Å². The van der Waals surface area contributed by atoms with Crippen LogP contribution in [0.5, 0.6) is 0 Å². The van der Waals surface area contributed by atoms with Crippen LogP contribution in [-0.2, 0) is 5.54 Å². The summed E-state index contributed by atoms with van der Waals surface area (Å²) in [5, 5.41) is 7.04. The van der Waals surface area contributed by atoms with Crippen LogP contribution in [0.2, 0.25) is 0 Å². The van der Waals surface area contributed by atoms with Crippen molar-refractivity contribution >= 4 is 18.3 Å². The first-order valence-corrected chi connectivity index (χ1v) is 5.98. The van der Waals surface area contributed by atoms with Crippen molar-refractivity contribution < 1.29 is 4.79 Å². The molecule has 0 fully saturated rings. The second-order valence-corrected chi connectivity index (χ2v) is 5.10. The zero-order valence-corrected chi connectivity index (χ0v) is 12.1. The van der Waals surface area contributed by atoms with Crippen LogP contribution in [0.1, 0.15) is 44.0 Å². The molecule has 0 radical (unpaired) electrons. The number of carbonyl (C=O) groups excluding carboxylic acids is 1. The molecule has 1 amide bonds. The van der Waals surface area contributed by atoms with Crippen molar-refractivity contribution in [2.24, 2.45) is 5.73 Å². The van der Waals surface area contributed by atoms with Gasteiger partial charge in [0.15, 0.2) is 0 Å². The molecule has 3 N–H and O–H groups in total. The number of unbranched alkanes of at least 4 members (excludes halogenated alkanes) is 1. The monoisotopic (exact) mass is 274 g/mol. The van der Waals surface area contributed by atoms with E-state index in [1.807, 2.05) is 20.8 Å². The molecule has 1 heterocycles. The maximum atomic E-state index is 11.8. The van der Waals surface area contributed by atoms with Crippen LogP contribution in [0.3, 0.4) is 0 Å². The highest BCUT2D eigenvalue weighted by atomic mass is 35.5. The van der Waals surface area contributed by atoms with Crippen molar-refractivity contribution in [3.05, 3.63) is 18.0 Å². The summed E-state index contributed by atoms with van der Waals surface area (Å²) in [5.41, 5.74) is 5.89. The third-order valence-corrected chi connectivity index (χ3v) is 2.45. The minimum atomic E-state index is -0.0991. The zero-order valence-electron chi connectivity index (χ0n) is 11.3. The molecule has 0 spiro atoms. The number of carbonyl (C=O) groups is 1. The molecule has 0 saturated heterocycles. The third kappa shape index (κ3) is 5.06. The number of rotatable bonds is 5. The number of hydrogen-bond donors (Lipinski definition) is 2. The highest BCUT2D eigenvalue weighted by Gasteiger charge is 2.16. The van der Waals surface area contributed by atoms with Crippen molar-refractivity contribution in [2.45, 2.75) is 39.2 Å². The molecule has 5 nitrogen and oxygen atoms in total. The minimum Gasteiger partial charge on any atom is -0.352 e. The SMILES string of the molecule is CC(C)(C)n1cc(C(=O)NCCCCN)cn1.Cl. The Hall–Kier alpha value is -1.07. The number of hydrogen-bond acceptors (Lipinski definition) is 3. The molecule has 0 bridgehead atoms. The zero-order chi connectivity index (χ0) is 12.9. The molecule has 0 unspecified atom stereocenters. The van der Waals surface area contributed by atoms with Gasteiger partial charge in [0.1, 0.15) is 0 Å².